The molecule has 0 amide bonds. The van der Waals surface area contributed by atoms with Crippen molar-refractivity contribution < 1.29 is 4.39 Å². The number of piperidine rings is 1. The van der Waals surface area contributed by atoms with Gasteiger partial charge in [-0.1, -0.05) is 22.9 Å². The number of hydrogen-bond acceptors (Lipinski definition) is 2. The second kappa shape index (κ2) is 7.36. The molecule has 0 atom stereocenters. The van der Waals surface area contributed by atoms with Gasteiger partial charge in [-0.3, -0.25) is 4.90 Å². The van der Waals surface area contributed by atoms with Gasteiger partial charge in [-0.15, -0.1) is 0 Å². The summed E-state index contributed by atoms with van der Waals surface area (Å²) in [7, 11) is 0. The molecule has 1 aromatic rings. The molecule has 2 nitrogen and oxygen atoms in total. The first kappa shape index (κ1) is 14.9. The number of hydrogen-bond donors (Lipinski definition) is 1. The lowest BCUT2D eigenvalue weighted by Crippen LogP contribution is -2.35. The zero-order chi connectivity index (χ0) is 13.7. The van der Waals surface area contributed by atoms with Crippen LogP contribution in [0.25, 0.3) is 0 Å². The maximum Gasteiger partial charge on any atom is 0.124 e. The normalized spacial score (nSPS) is 17.1. The number of halogens is 2. The van der Waals surface area contributed by atoms with Crippen LogP contribution in [0.5, 0.6) is 0 Å². The molecule has 2 rings (SSSR count). The third-order valence-electron chi connectivity index (χ3n) is 3.75. The van der Waals surface area contributed by atoms with Crippen LogP contribution < -0.4 is 5.32 Å². The summed E-state index contributed by atoms with van der Waals surface area (Å²) >= 11 is 3.36. The van der Waals surface area contributed by atoms with Crippen LogP contribution in [0.15, 0.2) is 22.7 Å². The van der Waals surface area contributed by atoms with Gasteiger partial charge in [-0.05, 0) is 62.2 Å². The lowest BCUT2D eigenvalue weighted by molar-refractivity contribution is 0.207. The van der Waals surface area contributed by atoms with Crippen LogP contribution in [-0.2, 0) is 6.54 Å². The van der Waals surface area contributed by atoms with Gasteiger partial charge in [-0.2, -0.15) is 0 Å². The number of rotatable bonds is 5. The van der Waals surface area contributed by atoms with Crippen molar-refractivity contribution in [1.82, 2.24) is 10.2 Å². The number of nitrogens with zero attached hydrogens (tertiary/aromatic N) is 1. The van der Waals surface area contributed by atoms with Crippen LogP contribution in [0.1, 0.15) is 25.3 Å². The average molecular weight is 329 g/mol. The van der Waals surface area contributed by atoms with E-state index >= 15 is 0 Å². The summed E-state index contributed by atoms with van der Waals surface area (Å²) in [6.07, 6.45) is 2.51. The van der Waals surface area contributed by atoms with E-state index in [-0.39, 0.29) is 5.82 Å². The third kappa shape index (κ3) is 4.86. The molecular formula is C15H22BrFN2. The maximum atomic E-state index is 13.4. The Labute approximate surface area is 123 Å². The topological polar surface area (TPSA) is 15.3 Å². The van der Waals surface area contributed by atoms with Gasteiger partial charge in [-0.25, -0.2) is 4.39 Å². The Balaban J connectivity index is 1.93. The minimum Gasteiger partial charge on any atom is -0.317 e. The predicted octanol–water partition coefficient (Wildman–Crippen LogP) is 3.41. The smallest absolute Gasteiger partial charge is 0.124 e. The predicted molar refractivity (Wildman–Crippen MR) is 80.6 cm³/mol. The molecule has 0 radical (unpaired) electrons. The molecular weight excluding hydrogens is 307 g/mol. The van der Waals surface area contributed by atoms with Crippen molar-refractivity contribution in [2.75, 3.05) is 26.2 Å². The molecule has 1 heterocycles. The summed E-state index contributed by atoms with van der Waals surface area (Å²) in [6.45, 7) is 7.40. The van der Waals surface area contributed by atoms with Crippen LogP contribution in [0.2, 0.25) is 0 Å². The van der Waals surface area contributed by atoms with Crippen molar-refractivity contribution in [3.05, 3.63) is 34.1 Å². The zero-order valence-corrected chi connectivity index (χ0v) is 13.0. The van der Waals surface area contributed by atoms with E-state index in [0.29, 0.717) is 0 Å². The van der Waals surface area contributed by atoms with E-state index in [4.69, 9.17) is 0 Å². The van der Waals surface area contributed by atoms with Gasteiger partial charge >= 0.3 is 0 Å². The van der Waals surface area contributed by atoms with Crippen LogP contribution in [0.4, 0.5) is 4.39 Å². The summed E-state index contributed by atoms with van der Waals surface area (Å²) in [5.41, 5.74) is 1.04. The van der Waals surface area contributed by atoms with Crippen molar-refractivity contribution >= 4 is 15.9 Å². The Kier molecular flexibility index (Phi) is 5.79. The van der Waals surface area contributed by atoms with Crippen LogP contribution >= 0.6 is 15.9 Å². The maximum absolute atomic E-state index is 13.4. The molecule has 0 aliphatic carbocycles. The number of nitrogens with one attached hydrogen (secondary N) is 1. The van der Waals surface area contributed by atoms with E-state index in [1.54, 1.807) is 6.07 Å². The van der Waals surface area contributed by atoms with Crippen molar-refractivity contribution in [2.24, 2.45) is 5.92 Å². The molecule has 0 unspecified atom stereocenters. The van der Waals surface area contributed by atoms with Crippen molar-refractivity contribution in [2.45, 2.75) is 26.3 Å². The fraction of sp³-hybridized carbons (Fsp3) is 0.600. The fourth-order valence-electron chi connectivity index (χ4n) is 2.70. The standard InChI is InChI=1S/C15H22BrFN2/c1-2-19(10-12-3-5-18-6-4-12)11-13-7-14(16)9-15(17)8-13/h7-9,12,18H,2-6,10-11H2,1H3. The van der Waals surface area contributed by atoms with E-state index in [1.165, 1.54) is 18.9 Å². The van der Waals surface area contributed by atoms with Crippen LogP contribution in [0.3, 0.4) is 0 Å². The molecule has 1 fully saturated rings. The monoisotopic (exact) mass is 328 g/mol. The first-order valence-electron chi connectivity index (χ1n) is 7.05. The molecule has 19 heavy (non-hydrogen) atoms. The average Bonchev–Trinajstić information content (AvgIpc) is 2.38. The Hall–Kier alpha value is -0.450. The van der Waals surface area contributed by atoms with Gasteiger partial charge in [0.05, 0.1) is 0 Å². The van der Waals surface area contributed by atoms with Crippen molar-refractivity contribution in [3.8, 4) is 0 Å². The third-order valence-corrected chi connectivity index (χ3v) is 4.21. The van der Waals surface area contributed by atoms with Gasteiger partial charge in [0.25, 0.3) is 0 Å². The second-order valence-electron chi connectivity index (χ2n) is 5.30. The SMILES string of the molecule is CCN(Cc1cc(F)cc(Br)c1)CC1CCNCC1. The van der Waals surface area contributed by atoms with Gasteiger partial charge < -0.3 is 5.32 Å². The summed E-state index contributed by atoms with van der Waals surface area (Å²) < 4.78 is 14.2. The molecule has 106 valence electrons. The van der Waals surface area contributed by atoms with E-state index in [1.807, 2.05) is 6.07 Å². The minimum absolute atomic E-state index is 0.165. The molecule has 0 bridgehead atoms. The molecule has 1 saturated heterocycles. The van der Waals surface area contributed by atoms with Crippen molar-refractivity contribution in [1.29, 1.82) is 0 Å². The first-order chi connectivity index (χ1) is 9.17. The molecule has 4 heteroatoms. The summed E-state index contributed by atoms with van der Waals surface area (Å²) in [4.78, 5) is 2.41. The highest BCUT2D eigenvalue weighted by molar-refractivity contribution is 9.10. The first-order valence-corrected chi connectivity index (χ1v) is 7.84. The largest absolute Gasteiger partial charge is 0.317 e. The molecule has 0 saturated carbocycles. The highest BCUT2D eigenvalue weighted by Crippen LogP contribution is 2.18. The molecule has 1 aromatic carbocycles. The summed E-state index contributed by atoms with van der Waals surface area (Å²) in [5, 5.41) is 3.40. The van der Waals surface area contributed by atoms with Gasteiger partial charge in [0.15, 0.2) is 0 Å². The second-order valence-corrected chi connectivity index (χ2v) is 6.21. The van der Waals surface area contributed by atoms with Crippen molar-refractivity contribution in [3.63, 3.8) is 0 Å². The Morgan fingerprint density at radius 2 is 2.05 bits per heavy atom. The Morgan fingerprint density at radius 1 is 1.32 bits per heavy atom. The molecule has 1 aliphatic rings. The summed E-state index contributed by atoms with van der Waals surface area (Å²) in [6, 6.07) is 5.15. The van der Waals surface area contributed by atoms with Gasteiger partial charge in [0.1, 0.15) is 5.82 Å². The van der Waals surface area contributed by atoms with Crippen LogP contribution in [-0.4, -0.2) is 31.1 Å². The Morgan fingerprint density at radius 3 is 2.68 bits per heavy atom. The molecule has 0 aromatic heterocycles. The lowest BCUT2D eigenvalue weighted by Gasteiger charge is -2.29. The highest BCUT2D eigenvalue weighted by atomic mass is 79.9. The quantitative estimate of drug-likeness (QED) is 0.891. The van der Waals surface area contributed by atoms with Crippen LogP contribution in [0, 0.1) is 11.7 Å². The van der Waals surface area contributed by atoms with Gasteiger partial charge in [0, 0.05) is 17.6 Å². The molecule has 1 aliphatic heterocycles. The van der Waals surface area contributed by atoms with E-state index in [9.17, 15) is 4.39 Å². The molecule has 0 spiro atoms. The zero-order valence-electron chi connectivity index (χ0n) is 11.5. The van der Waals surface area contributed by atoms with E-state index in [2.05, 4.69) is 33.1 Å². The Bertz CT molecular complexity index is 385. The molecule has 1 N–H and O–H groups in total. The van der Waals surface area contributed by atoms with E-state index in [0.717, 1.165) is 48.7 Å². The van der Waals surface area contributed by atoms with E-state index < -0.39 is 0 Å². The van der Waals surface area contributed by atoms with Gasteiger partial charge in [0.2, 0.25) is 0 Å². The minimum atomic E-state index is -0.165. The highest BCUT2D eigenvalue weighted by Gasteiger charge is 2.16. The lowest BCUT2D eigenvalue weighted by atomic mass is 9.97. The fourth-order valence-corrected chi connectivity index (χ4v) is 3.21. The number of benzene rings is 1. The summed E-state index contributed by atoms with van der Waals surface area (Å²) in [5.74, 6) is 0.612.